The van der Waals surface area contributed by atoms with Crippen LogP contribution in [0.5, 0.6) is 5.75 Å². The van der Waals surface area contributed by atoms with Crippen LogP contribution < -0.4 is 10.1 Å². The summed E-state index contributed by atoms with van der Waals surface area (Å²) in [6.45, 7) is 4.38. The molecule has 1 amide bonds. The number of hydrogen-bond donors (Lipinski definition) is 3. The normalized spacial score (nSPS) is 11.4. The number of anilines is 1. The minimum absolute atomic E-state index is 0.115. The first-order chi connectivity index (χ1) is 19.2. The molecule has 2 aromatic carbocycles. The molecule has 0 bridgehead atoms. The average molecular weight is 586 g/mol. The SMILES string of the molecule is CCC(O)(CC)CCCOc1ccc(Cl)c(-c2cc(NC(=O)c3n[nH]c(Cc4ccccc4F)n3)ncc2Cl)c1. The molecule has 0 saturated carbocycles. The number of amides is 1. The van der Waals surface area contributed by atoms with E-state index >= 15 is 0 Å². The lowest BCUT2D eigenvalue weighted by molar-refractivity contribution is 0.0185. The summed E-state index contributed by atoms with van der Waals surface area (Å²) in [6.07, 6.45) is 4.30. The second kappa shape index (κ2) is 13.2. The Labute approximate surface area is 241 Å². The number of carbonyl (C=O) groups excluding carboxylic acids is 1. The van der Waals surface area contributed by atoms with E-state index in [4.69, 9.17) is 27.9 Å². The third-order valence-corrected chi connectivity index (χ3v) is 7.38. The molecule has 0 fully saturated rings. The molecule has 2 aromatic heterocycles. The van der Waals surface area contributed by atoms with Crippen molar-refractivity contribution in [2.45, 2.75) is 51.6 Å². The summed E-state index contributed by atoms with van der Waals surface area (Å²) in [4.78, 5) is 21.2. The number of halogens is 3. The minimum atomic E-state index is -0.674. The lowest BCUT2D eigenvalue weighted by atomic mass is 9.92. The highest BCUT2D eigenvalue weighted by Gasteiger charge is 2.21. The fourth-order valence-corrected chi connectivity index (χ4v) is 4.60. The van der Waals surface area contributed by atoms with Crippen molar-refractivity contribution < 1.29 is 19.0 Å². The van der Waals surface area contributed by atoms with E-state index in [-0.39, 0.29) is 23.9 Å². The molecule has 2 heterocycles. The molecule has 0 aliphatic carbocycles. The second-order valence-electron chi connectivity index (χ2n) is 9.40. The van der Waals surface area contributed by atoms with Crippen molar-refractivity contribution in [3.8, 4) is 16.9 Å². The van der Waals surface area contributed by atoms with E-state index in [0.29, 0.717) is 70.6 Å². The molecule has 4 aromatic rings. The zero-order valence-electron chi connectivity index (χ0n) is 22.2. The number of aromatic nitrogens is 4. The summed E-state index contributed by atoms with van der Waals surface area (Å²) in [6, 6.07) is 13.2. The number of rotatable bonds is 12. The van der Waals surface area contributed by atoms with Gasteiger partial charge in [0.05, 0.1) is 17.2 Å². The highest BCUT2D eigenvalue weighted by Crippen LogP contribution is 2.36. The van der Waals surface area contributed by atoms with Gasteiger partial charge in [-0.2, -0.15) is 0 Å². The lowest BCUT2D eigenvalue weighted by Crippen LogP contribution is -2.26. The largest absolute Gasteiger partial charge is 0.494 e. The van der Waals surface area contributed by atoms with E-state index < -0.39 is 11.5 Å². The second-order valence-corrected chi connectivity index (χ2v) is 10.2. The smallest absolute Gasteiger partial charge is 0.296 e. The number of nitrogens with zero attached hydrogens (tertiary/aromatic N) is 3. The number of H-pyrrole nitrogens is 1. The molecule has 210 valence electrons. The van der Waals surface area contributed by atoms with Crippen LogP contribution in [-0.2, 0) is 6.42 Å². The van der Waals surface area contributed by atoms with Crippen LogP contribution in [0.1, 0.15) is 61.5 Å². The third-order valence-electron chi connectivity index (χ3n) is 6.75. The fourth-order valence-electron chi connectivity index (χ4n) is 4.18. The van der Waals surface area contributed by atoms with Gasteiger partial charge in [0.1, 0.15) is 23.2 Å². The van der Waals surface area contributed by atoms with Gasteiger partial charge in [-0.3, -0.25) is 9.89 Å². The van der Waals surface area contributed by atoms with Crippen LogP contribution >= 0.6 is 23.2 Å². The average Bonchev–Trinajstić information content (AvgIpc) is 3.43. The molecule has 0 aliphatic heterocycles. The molecular formula is C29H30Cl2FN5O3. The molecule has 0 unspecified atom stereocenters. The van der Waals surface area contributed by atoms with Crippen LogP contribution in [0.3, 0.4) is 0 Å². The first-order valence-corrected chi connectivity index (χ1v) is 13.7. The van der Waals surface area contributed by atoms with Crippen molar-refractivity contribution >= 4 is 34.9 Å². The number of aliphatic hydroxyl groups is 1. The maximum Gasteiger partial charge on any atom is 0.296 e. The first kappa shape index (κ1) is 29.5. The van der Waals surface area contributed by atoms with Crippen molar-refractivity contribution in [2.75, 3.05) is 11.9 Å². The Morgan fingerprint density at radius 1 is 1.10 bits per heavy atom. The highest BCUT2D eigenvalue weighted by molar-refractivity contribution is 6.36. The van der Waals surface area contributed by atoms with E-state index in [1.54, 1.807) is 42.5 Å². The summed E-state index contributed by atoms with van der Waals surface area (Å²) in [5.74, 6) is 0.0761. The van der Waals surface area contributed by atoms with Crippen molar-refractivity contribution in [2.24, 2.45) is 0 Å². The first-order valence-electron chi connectivity index (χ1n) is 13.0. The van der Waals surface area contributed by atoms with E-state index in [1.807, 2.05) is 13.8 Å². The van der Waals surface area contributed by atoms with Gasteiger partial charge < -0.3 is 15.2 Å². The topological polar surface area (TPSA) is 113 Å². The van der Waals surface area contributed by atoms with Crippen LogP contribution in [-0.4, -0.2) is 43.4 Å². The molecule has 0 spiro atoms. The van der Waals surface area contributed by atoms with Crippen LogP contribution in [0.2, 0.25) is 10.0 Å². The molecular weight excluding hydrogens is 556 g/mol. The molecule has 11 heteroatoms. The van der Waals surface area contributed by atoms with Crippen molar-refractivity contribution in [1.29, 1.82) is 0 Å². The maximum atomic E-state index is 14.0. The zero-order chi connectivity index (χ0) is 28.7. The van der Waals surface area contributed by atoms with E-state index in [2.05, 4.69) is 25.5 Å². The molecule has 0 atom stereocenters. The Morgan fingerprint density at radius 2 is 1.85 bits per heavy atom. The molecule has 8 nitrogen and oxygen atoms in total. The summed E-state index contributed by atoms with van der Waals surface area (Å²) in [5, 5.41) is 20.5. The molecule has 40 heavy (non-hydrogen) atoms. The number of benzene rings is 2. The Balaban J connectivity index is 1.44. The van der Waals surface area contributed by atoms with E-state index in [1.165, 1.54) is 12.3 Å². The Kier molecular flexibility index (Phi) is 9.73. The molecule has 4 rings (SSSR count). The monoisotopic (exact) mass is 585 g/mol. The summed E-state index contributed by atoms with van der Waals surface area (Å²) < 4.78 is 19.9. The molecule has 0 saturated heterocycles. The predicted octanol–water partition coefficient (Wildman–Crippen LogP) is 6.87. The number of ether oxygens (including phenoxy) is 1. The van der Waals surface area contributed by atoms with Crippen molar-refractivity contribution in [1.82, 2.24) is 20.2 Å². The Bertz CT molecular complexity index is 1480. The third kappa shape index (κ3) is 7.35. The van der Waals surface area contributed by atoms with Gasteiger partial charge in [0.2, 0.25) is 5.82 Å². The number of aromatic amines is 1. The Hall–Kier alpha value is -3.53. The number of nitrogens with one attached hydrogen (secondary N) is 2. The standard InChI is InChI=1S/C29H30Cl2FN5O3/c1-3-29(39,4-2)12-7-13-40-19-10-11-22(30)20(15-19)21-16-25(33-17-23(21)31)35-28(38)27-34-26(36-37-27)14-18-8-5-6-9-24(18)32/h5-6,8-11,15-17,39H,3-4,7,12-14H2,1-2H3,(H,33,35,38)(H,34,36,37). The summed E-state index contributed by atoms with van der Waals surface area (Å²) in [5.41, 5.74) is 0.906. The predicted molar refractivity (Wildman–Crippen MR) is 153 cm³/mol. The fraction of sp³-hybridized carbons (Fsp3) is 0.310. The molecule has 3 N–H and O–H groups in total. The van der Waals surface area contributed by atoms with Crippen LogP contribution in [0.4, 0.5) is 10.2 Å². The van der Waals surface area contributed by atoms with E-state index in [9.17, 15) is 14.3 Å². The molecule has 0 aliphatic rings. The number of hydrogen-bond acceptors (Lipinski definition) is 6. The maximum absolute atomic E-state index is 14.0. The van der Waals surface area contributed by atoms with Crippen molar-refractivity contribution in [3.63, 3.8) is 0 Å². The van der Waals surface area contributed by atoms with Gasteiger partial charge in [0.15, 0.2) is 0 Å². The van der Waals surface area contributed by atoms with Gasteiger partial charge in [0.25, 0.3) is 5.91 Å². The van der Waals surface area contributed by atoms with Crippen molar-refractivity contribution in [3.05, 3.63) is 87.8 Å². The van der Waals surface area contributed by atoms with Crippen LogP contribution in [0.15, 0.2) is 54.7 Å². The van der Waals surface area contributed by atoms with Gasteiger partial charge in [-0.15, -0.1) is 5.10 Å². The van der Waals surface area contributed by atoms with Gasteiger partial charge in [0, 0.05) is 28.8 Å². The number of pyridine rings is 1. The molecule has 0 radical (unpaired) electrons. The lowest BCUT2D eigenvalue weighted by Gasteiger charge is -2.24. The zero-order valence-corrected chi connectivity index (χ0v) is 23.7. The van der Waals surface area contributed by atoms with Gasteiger partial charge in [-0.25, -0.2) is 14.4 Å². The van der Waals surface area contributed by atoms with Gasteiger partial charge in [-0.1, -0.05) is 55.2 Å². The quantitative estimate of drug-likeness (QED) is 0.156. The Morgan fingerprint density at radius 3 is 2.60 bits per heavy atom. The minimum Gasteiger partial charge on any atom is -0.494 e. The highest BCUT2D eigenvalue weighted by atomic mass is 35.5. The summed E-state index contributed by atoms with van der Waals surface area (Å²) >= 11 is 12.9. The number of carbonyl (C=O) groups is 1. The van der Waals surface area contributed by atoms with Gasteiger partial charge in [-0.05, 0) is 61.6 Å². The van der Waals surface area contributed by atoms with Gasteiger partial charge >= 0.3 is 0 Å². The van der Waals surface area contributed by atoms with Crippen LogP contribution in [0.25, 0.3) is 11.1 Å². The summed E-state index contributed by atoms with van der Waals surface area (Å²) in [7, 11) is 0. The van der Waals surface area contributed by atoms with E-state index in [0.717, 1.165) is 0 Å². The van der Waals surface area contributed by atoms with Crippen LogP contribution in [0, 0.1) is 5.82 Å².